The molecule has 0 bridgehead atoms. The molecule has 1 aliphatic rings. The minimum atomic E-state index is 0.183. The number of rotatable bonds is 3. The van der Waals surface area contributed by atoms with Gasteiger partial charge in [0.05, 0.1) is 5.75 Å². The van der Waals surface area contributed by atoms with Crippen LogP contribution in [0, 0.1) is 0 Å². The van der Waals surface area contributed by atoms with Crippen LogP contribution < -0.4 is 4.90 Å². The molecule has 0 saturated heterocycles. The predicted octanol–water partition coefficient (Wildman–Crippen LogP) is 4.52. The van der Waals surface area contributed by atoms with E-state index in [4.69, 9.17) is 0 Å². The minimum absolute atomic E-state index is 0.183. The van der Waals surface area contributed by atoms with E-state index in [9.17, 15) is 4.79 Å². The standard InChI is InChI=1S/C17H16BrNOS/c18-14-8-2-4-10-16(14)21-12-17(20)19-11-5-7-13-6-1-3-9-15(13)19/h1-4,6,8-10H,5,7,11-12H2. The van der Waals surface area contributed by atoms with Crippen molar-refractivity contribution in [3.8, 4) is 0 Å². The Morgan fingerprint density at radius 2 is 1.90 bits per heavy atom. The van der Waals surface area contributed by atoms with Crippen molar-refractivity contribution >= 4 is 39.3 Å². The number of nitrogens with zero attached hydrogens (tertiary/aromatic N) is 1. The minimum Gasteiger partial charge on any atom is -0.311 e. The predicted molar refractivity (Wildman–Crippen MR) is 92.0 cm³/mol. The average Bonchev–Trinajstić information content (AvgIpc) is 2.53. The molecule has 0 aromatic heterocycles. The van der Waals surface area contributed by atoms with E-state index < -0.39 is 0 Å². The molecular weight excluding hydrogens is 346 g/mol. The first-order chi connectivity index (χ1) is 10.3. The van der Waals surface area contributed by atoms with E-state index in [-0.39, 0.29) is 5.91 Å². The average molecular weight is 362 g/mol. The maximum Gasteiger partial charge on any atom is 0.237 e. The van der Waals surface area contributed by atoms with Gasteiger partial charge < -0.3 is 4.90 Å². The second-order valence-corrected chi connectivity index (χ2v) is 6.87. The molecule has 1 amide bonds. The van der Waals surface area contributed by atoms with Gasteiger partial charge in [0.1, 0.15) is 0 Å². The highest BCUT2D eigenvalue weighted by Crippen LogP contribution is 2.30. The number of halogens is 1. The first kappa shape index (κ1) is 14.7. The summed E-state index contributed by atoms with van der Waals surface area (Å²) in [5, 5.41) is 0. The molecule has 0 unspecified atom stereocenters. The van der Waals surface area contributed by atoms with Gasteiger partial charge in [-0.15, -0.1) is 11.8 Å². The smallest absolute Gasteiger partial charge is 0.237 e. The van der Waals surface area contributed by atoms with Gasteiger partial charge in [-0.3, -0.25) is 4.79 Å². The number of fused-ring (bicyclic) bond motifs is 1. The van der Waals surface area contributed by atoms with Crippen LogP contribution in [0.1, 0.15) is 12.0 Å². The molecule has 0 N–H and O–H groups in total. The summed E-state index contributed by atoms with van der Waals surface area (Å²) in [7, 11) is 0. The number of amides is 1. The molecule has 2 nitrogen and oxygen atoms in total. The number of thioether (sulfide) groups is 1. The third-order valence-electron chi connectivity index (χ3n) is 3.60. The Bertz CT molecular complexity index is 659. The summed E-state index contributed by atoms with van der Waals surface area (Å²) in [5.41, 5.74) is 2.37. The molecule has 21 heavy (non-hydrogen) atoms. The highest BCUT2D eigenvalue weighted by molar-refractivity contribution is 9.10. The number of carbonyl (C=O) groups is 1. The van der Waals surface area contributed by atoms with Crippen molar-refractivity contribution < 1.29 is 4.79 Å². The largest absolute Gasteiger partial charge is 0.311 e. The van der Waals surface area contributed by atoms with E-state index in [0.29, 0.717) is 5.75 Å². The van der Waals surface area contributed by atoms with Crippen LogP contribution in [0.5, 0.6) is 0 Å². The lowest BCUT2D eigenvalue weighted by Gasteiger charge is -2.29. The van der Waals surface area contributed by atoms with Crippen LogP contribution >= 0.6 is 27.7 Å². The molecule has 3 rings (SSSR count). The molecule has 2 aromatic rings. The Labute approximate surface area is 137 Å². The number of aryl methyl sites for hydroxylation is 1. The normalized spacial score (nSPS) is 13.9. The third kappa shape index (κ3) is 3.33. The summed E-state index contributed by atoms with van der Waals surface area (Å²) < 4.78 is 1.04. The topological polar surface area (TPSA) is 20.3 Å². The van der Waals surface area contributed by atoms with Crippen molar-refractivity contribution in [3.05, 3.63) is 58.6 Å². The quantitative estimate of drug-likeness (QED) is 0.749. The molecule has 0 radical (unpaired) electrons. The van der Waals surface area contributed by atoms with Crippen LogP contribution in [-0.2, 0) is 11.2 Å². The fourth-order valence-corrected chi connectivity index (χ4v) is 4.02. The van der Waals surface area contributed by atoms with Gasteiger partial charge in [-0.05, 0) is 52.5 Å². The van der Waals surface area contributed by atoms with Crippen LogP contribution in [0.4, 0.5) is 5.69 Å². The molecule has 0 fully saturated rings. The summed E-state index contributed by atoms with van der Waals surface area (Å²) >= 11 is 5.11. The molecule has 1 heterocycles. The summed E-state index contributed by atoms with van der Waals surface area (Å²) in [4.78, 5) is 15.6. The lowest BCUT2D eigenvalue weighted by Crippen LogP contribution is -2.36. The Kier molecular flexibility index (Phi) is 4.66. The van der Waals surface area contributed by atoms with Gasteiger partial charge in [0, 0.05) is 21.6 Å². The zero-order chi connectivity index (χ0) is 14.7. The molecule has 1 aliphatic heterocycles. The van der Waals surface area contributed by atoms with Gasteiger partial charge in [-0.2, -0.15) is 0 Å². The third-order valence-corrected chi connectivity index (χ3v) is 5.61. The SMILES string of the molecule is O=C(CSc1ccccc1Br)N1CCCc2ccccc21. The van der Waals surface area contributed by atoms with E-state index in [1.807, 2.05) is 41.3 Å². The summed E-state index contributed by atoms with van der Waals surface area (Å²) in [6.07, 6.45) is 2.11. The van der Waals surface area contributed by atoms with Gasteiger partial charge >= 0.3 is 0 Å². The monoisotopic (exact) mass is 361 g/mol. The summed E-state index contributed by atoms with van der Waals surface area (Å²) in [5.74, 6) is 0.652. The first-order valence-electron chi connectivity index (χ1n) is 7.01. The first-order valence-corrected chi connectivity index (χ1v) is 8.79. The van der Waals surface area contributed by atoms with E-state index >= 15 is 0 Å². The molecule has 4 heteroatoms. The van der Waals surface area contributed by atoms with Crippen molar-refractivity contribution in [2.45, 2.75) is 17.7 Å². The zero-order valence-corrected chi connectivity index (χ0v) is 14.0. The molecular formula is C17H16BrNOS. The number of hydrogen-bond donors (Lipinski definition) is 0. The zero-order valence-electron chi connectivity index (χ0n) is 11.6. The number of para-hydroxylation sites is 1. The van der Waals surface area contributed by atoms with E-state index in [2.05, 4.69) is 28.1 Å². The van der Waals surface area contributed by atoms with E-state index in [0.717, 1.165) is 34.4 Å². The van der Waals surface area contributed by atoms with Crippen molar-refractivity contribution in [1.82, 2.24) is 0 Å². The summed E-state index contributed by atoms with van der Waals surface area (Å²) in [6.45, 7) is 0.826. The van der Waals surface area contributed by atoms with Crippen LogP contribution in [-0.4, -0.2) is 18.2 Å². The molecule has 0 spiro atoms. The van der Waals surface area contributed by atoms with Gasteiger partial charge in [-0.1, -0.05) is 30.3 Å². The number of hydrogen-bond acceptors (Lipinski definition) is 2. The number of benzene rings is 2. The Morgan fingerprint density at radius 3 is 2.76 bits per heavy atom. The van der Waals surface area contributed by atoms with Crippen molar-refractivity contribution in [2.24, 2.45) is 0 Å². The van der Waals surface area contributed by atoms with Crippen molar-refractivity contribution in [1.29, 1.82) is 0 Å². The number of carbonyl (C=O) groups excluding carboxylic acids is 1. The second-order valence-electron chi connectivity index (χ2n) is 5.00. The maximum absolute atomic E-state index is 12.5. The fourth-order valence-electron chi connectivity index (χ4n) is 2.57. The van der Waals surface area contributed by atoms with Gasteiger partial charge in [0.15, 0.2) is 0 Å². The van der Waals surface area contributed by atoms with Crippen molar-refractivity contribution in [2.75, 3.05) is 17.2 Å². The second kappa shape index (κ2) is 6.67. The Balaban J connectivity index is 1.71. The van der Waals surface area contributed by atoms with Crippen LogP contribution in [0.2, 0.25) is 0 Å². The van der Waals surface area contributed by atoms with E-state index in [1.54, 1.807) is 11.8 Å². The van der Waals surface area contributed by atoms with Gasteiger partial charge in [0.25, 0.3) is 0 Å². The van der Waals surface area contributed by atoms with Crippen molar-refractivity contribution in [3.63, 3.8) is 0 Å². The molecule has 0 saturated carbocycles. The van der Waals surface area contributed by atoms with E-state index in [1.165, 1.54) is 5.56 Å². The highest BCUT2D eigenvalue weighted by Gasteiger charge is 2.22. The van der Waals surface area contributed by atoms with Crippen LogP contribution in [0.25, 0.3) is 0 Å². The number of anilines is 1. The highest BCUT2D eigenvalue weighted by atomic mass is 79.9. The molecule has 2 aromatic carbocycles. The summed E-state index contributed by atoms with van der Waals surface area (Å²) in [6, 6.07) is 16.2. The maximum atomic E-state index is 12.5. The van der Waals surface area contributed by atoms with Crippen LogP contribution in [0.3, 0.4) is 0 Å². The Morgan fingerprint density at radius 1 is 1.14 bits per heavy atom. The Hall–Kier alpha value is -1.26. The van der Waals surface area contributed by atoms with Crippen LogP contribution in [0.15, 0.2) is 57.9 Å². The van der Waals surface area contributed by atoms with Gasteiger partial charge in [-0.25, -0.2) is 0 Å². The fraction of sp³-hybridized carbons (Fsp3) is 0.235. The molecule has 0 atom stereocenters. The lowest BCUT2D eigenvalue weighted by atomic mass is 10.0. The molecule has 0 aliphatic carbocycles. The lowest BCUT2D eigenvalue weighted by molar-refractivity contribution is -0.116. The van der Waals surface area contributed by atoms with Gasteiger partial charge in [0.2, 0.25) is 5.91 Å². The molecule has 108 valence electrons.